The van der Waals surface area contributed by atoms with E-state index in [9.17, 15) is 14.7 Å². The fourth-order valence-corrected chi connectivity index (χ4v) is 4.36. The standard InChI is InChI=1S/C25H22N2O4/c1-2-16-8-12-18(13-9-16)26-24(29)21-22(17-10-14-20(28)15-11-17)27(31-23(21)25(26)30)19-6-4-3-5-7-19/h3-15,21-23,28H,2H2,1H3/t21-,22+,23+/m0/s1. The van der Waals surface area contributed by atoms with Crippen LogP contribution in [0, 0.1) is 5.92 Å². The number of imide groups is 1. The first-order valence-corrected chi connectivity index (χ1v) is 10.3. The number of carbonyl (C=O) groups is 2. The second-order valence-electron chi connectivity index (χ2n) is 7.78. The second kappa shape index (κ2) is 7.56. The Morgan fingerprint density at radius 2 is 1.52 bits per heavy atom. The van der Waals surface area contributed by atoms with E-state index in [0.717, 1.165) is 23.2 Å². The number of aromatic hydroxyl groups is 1. The number of phenolic OH excluding ortho intramolecular Hbond substituents is 1. The molecule has 31 heavy (non-hydrogen) atoms. The number of hydroxylamine groups is 1. The monoisotopic (exact) mass is 414 g/mol. The fourth-order valence-electron chi connectivity index (χ4n) is 4.36. The summed E-state index contributed by atoms with van der Waals surface area (Å²) in [5.74, 6) is -1.20. The summed E-state index contributed by atoms with van der Waals surface area (Å²) < 4.78 is 0. The van der Waals surface area contributed by atoms with Crippen LogP contribution in [0.5, 0.6) is 5.75 Å². The smallest absolute Gasteiger partial charge is 0.266 e. The van der Waals surface area contributed by atoms with E-state index in [1.807, 2.05) is 42.5 Å². The molecule has 2 amide bonds. The molecule has 0 saturated carbocycles. The molecule has 0 bridgehead atoms. The Morgan fingerprint density at radius 3 is 2.16 bits per heavy atom. The quantitative estimate of drug-likeness (QED) is 0.654. The average molecular weight is 414 g/mol. The van der Waals surface area contributed by atoms with Crippen molar-refractivity contribution in [3.63, 3.8) is 0 Å². The minimum Gasteiger partial charge on any atom is -0.508 e. The number of phenols is 1. The maximum Gasteiger partial charge on any atom is 0.266 e. The van der Waals surface area contributed by atoms with Crippen LogP contribution in [0.3, 0.4) is 0 Å². The van der Waals surface area contributed by atoms with Crippen LogP contribution in [-0.2, 0) is 20.8 Å². The van der Waals surface area contributed by atoms with Crippen LogP contribution < -0.4 is 9.96 Å². The summed E-state index contributed by atoms with van der Waals surface area (Å²) >= 11 is 0. The van der Waals surface area contributed by atoms with E-state index in [0.29, 0.717) is 5.69 Å². The molecule has 2 fully saturated rings. The van der Waals surface area contributed by atoms with Crippen molar-refractivity contribution in [3.05, 3.63) is 90.0 Å². The highest BCUT2D eigenvalue weighted by Gasteiger charge is 2.60. The number of amides is 2. The first-order chi connectivity index (χ1) is 15.1. The molecule has 3 atom stereocenters. The third-order valence-electron chi connectivity index (χ3n) is 5.96. The molecule has 0 aliphatic carbocycles. The van der Waals surface area contributed by atoms with Gasteiger partial charge in [0.05, 0.1) is 17.4 Å². The van der Waals surface area contributed by atoms with Crippen LogP contribution >= 0.6 is 0 Å². The summed E-state index contributed by atoms with van der Waals surface area (Å²) in [6, 6.07) is 23.1. The molecule has 6 nitrogen and oxygen atoms in total. The number of hydrogen-bond acceptors (Lipinski definition) is 5. The molecule has 2 heterocycles. The predicted molar refractivity (Wildman–Crippen MR) is 116 cm³/mol. The molecule has 156 valence electrons. The van der Waals surface area contributed by atoms with Crippen molar-refractivity contribution >= 4 is 23.2 Å². The van der Waals surface area contributed by atoms with Crippen molar-refractivity contribution in [1.29, 1.82) is 0 Å². The van der Waals surface area contributed by atoms with Crippen LogP contribution in [0.4, 0.5) is 11.4 Å². The van der Waals surface area contributed by atoms with Gasteiger partial charge in [-0.2, -0.15) is 0 Å². The van der Waals surface area contributed by atoms with Crippen molar-refractivity contribution < 1.29 is 19.5 Å². The molecule has 3 aromatic carbocycles. The molecular weight excluding hydrogens is 392 g/mol. The largest absolute Gasteiger partial charge is 0.508 e. The lowest BCUT2D eigenvalue weighted by molar-refractivity contribution is -0.126. The Morgan fingerprint density at radius 1 is 0.839 bits per heavy atom. The number of benzene rings is 3. The number of anilines is 2. The van der Waals surface area contributed by atoms with E-state index in [2.05, 4.69) is 6.92 Å². The van der Waals surface area contributed by atoms with Gasteiger partial charge in [0.1, 0.15) is 11.7 Å². The molecule has 0 aromatic heterocycles. The lowest BCUT2D eigenvalue weighted by atomic mass is 9.90. The van der Waals surface area contributed by atoms with Gasteiger partial charge >= 0.3 is 0 Å². The zero-order chi connectivity index (χ0) is 21.5. The molecule has 0 radical (unpaired) electrons. The van der Waals surface area contributed by atoms with Gasteiger partial charge in [-0.25, -0.2) is 9.96 Å². The van der Waals surface area contributed by atoms with Gasteiger partial charge in [-0.05, 0) is 53.9 Å². The Hall–Kier alpha value is -3.64. The molecule has 5 rings (SSSR count). The first-order valence-electron chi connectivity index (χ1n) is 10.3. The van der Waals surface area contributed by atoms with E-state index < -0.39 is 18.1 Å². The van der Waals surface area contributed by atoms with Crippen LogP contribution in [0.1, 0.15) is 24.1 Å². The number of carbonyl (C=O) groups excluding carboxylic acids is 2. The number of para-hydroxylation sites is 1. The number of rotatable bonds is 4. The third kappa shape index (κ3) is 3.16. The normalized spacial score (nSPS) is 22.8. The van der Waals surface area contributed by atoms with Crippen molar-refractivity contribution in [2.24, 2.45) is 5.92 Å². The van der Waals surface area contributed by atoms with Gasteiger partial charge in [0, 0.05) is 0 Å². The molecule has 2 aliphatic heterocycles. The van der Waals surface area contributed by atoms with Crippen molar-refractivity contribution in [2.45, 2.75) is 25.5 Å². The molecule has 2 saturated heterocycles. The number of hydrogen-bond donors (Lipinski definition) is 1. The topological polar surface area (TPSA) is 70.1 Å². The Labute approximate surface area is 180 Å². The van der Waals surface area contributed by atoms with Gasteiger partial charge < -0.3 is 5.11 Å². The fraction of sp³-hybridized carbons (Fsp3) is 0.200. The molecule has 6 heteroatoms. The van der Waals surface area contributed by atoms with E-state index >= 15 is 0 Å². The van der Waals surface area contributed by atoms with E-state index in [1.165, 1.54) is 4.90 Å². The van der Waals surface area contributed by atoms with Crippen LogP contribution in [0.25, 0.3) is 0 Å². The zero-order valence-electron chi connectivity index (χ0n) is 17.0. The number of aryl methyl sites for hydroxylation is 1. The van der Waals surface area contributed by atoms with Crippen LogP contribution in [-0.4, -0.2) is 23.0 Å². The van der Waals surface area contributed by atoms with Crippen molar-refractivity contribution in [3.8, 4) is 5.75 Å². The maximum absolute atomic E-state index is 13.5. The molecule has 0 spiro atoms. The van der Waals surface area contributed by atoms with Gasteiger partial charge in [-0.3, -0.25) is 14.4 Å². The molecule has 2 aliphatic rings. The number of fused-ring (bicyclic) bond motifs is 1. The molecule has 1 N–H and O–H groups in total. The lowest BCUT2D eigenvalue weighted by Crippen LogP contribution is -2.37. The van der Waals surface area contributed by atoms with Gasteiger partial charge in [0.2, 0.25) is 5.91 Å². The van der Waals surface area contributed by atoms with Gasteiger partial charge in [0.25, 0.3) is 5.91 Å². The molecule has 0 unspecified atom stereocenters. The average Bonchev–Trinajstić information content (AvgIpc) is 3.31. The molecule has 3 aromatic rings. The highest BCUT2D eigenvalue weighted by molar-refractivity contribution is 6.23. The summed E-state index contributed by atoms with van der Waals surface area (Å²) in [6.45, 7) is 2.06. The van der Waals surface area contributed by atoms with E-state index in [-0.39, 0.29) is 17.6 Å². The number of nitrogens with zero attached hydrogens (tertiary/aromatic N) is 2. The summed E-state index contributed by atoms with van der Waals surface area (Å²) in [4.78, 5) is 34.1. The SMILES string of the molecule is CCc1ccc(N2C(=O)[C@H]3[C@@H](c4ccc(O)cc4)N(c4ccccc4)O[C@H]3C2=O)cc1. The third-order valence-corrected chi connectivity index (χ3v) is 5.96. The van der Waals surface area contributed by atoms with Gasteiger partial charge in [0.15, 0.2) is 6.10 Å². The van der Waals surface area contributed by atoms with Crippen molar-refractivity contribution in [1.82, 2.24) is 0 Å². The summed E-state index contributed by atoms with van der Waals surface area (Å²) in [6.07, 6.45) is -0.0248. The Bertz CT molecular complexity index is 1110. The summed E-state index contributed by atoms with van der Waals surface area (Å²) in [5.41, 5.74) is 3.24. The van der Waals surface area contributed by atoms with E-state index in [4.69, 9.17) is 4.84 Å². The van der Waals surface area contributed by atoms with E-state index in [1.54, 1.807) is 41.5 Å². The van der Waals surface area contributed by atoms with Crippen LogP contribution in [0.2, 0.25) is 0 Å². The Kier molecular flexibility index (Phi) is 4.71. The Balaban J connectivity index is 1.56. The summed E-state index contributed by atoms with van der Waals surface area (Å²) in [7, 11) is 0. The lowest BCUT2D eigenvalue weighted by Gasteiger charge is -2.28. The predicted octanol–water partition coefficient (Wildman–Crippen LogP) is 4.01. The van der Waals surface area contributed by atoms with Crippen LogP contribution in [0.15, 0.2) is 78.9 Å². The second-order valence-corrected chi connectivity index (χ2v) is 7.78. The zero-order valence-corrected chi connectivity index (χ0v) is 17.0. The maximum atomic E-state index is 13.5. The van der Waals surface area contributed by atoms with Gasteiger partial charge in [-0.1, -0.05) is 49.4 Å². The van der Waals surface area contributed by atoms with Gasteiger partial charge in [-0.15, -0.1) is 0 Å². The molecular formula is C25H22N2O4. The highest BCUT2D eigenvalue weighted by atomic mass is 16.7. The minimum absolute atomic E-state index is 0.136. The minimum atomic E-state index is -0.905. The first kappa shape index (κ1) is 19.3. The summed E-state index contributed by atoms with van der Waals surface area (Å²) in [5, 5.41) is 11.4. The highest BCUT2D eigenvalue weighted by Crippen LogP contribution is 2.47. The van der Waals surface area contributed by atoms with Crippen molar-refractivity contribution in [2.75, 3.05) is 9.96 Å².